The molecule has 0 bridgehead atoms. The molecule has 172 valence electrons. The third-order valence-electron chi connectivity index (χ3n) is 6.53. The minimum Gasteiger partial charge on any atom is -0.496 e. The normalized spacial score (nSPS) is 18.7. The Kier molecular flexibility index (Phi) is 5.91. The van der Waals surface area contributed by atoms with Gasteiger partial charge in [-0.15, -0.1) is 0 Å². The topological polar surface area (TPSA) is 72.2 Å². The molecule has 0 spiro atoms. The van der Waals surface area contributed by atoms with Crippen LogP contribution in [0.4, 0.5) is 0 Å². The summed E-state index contributed by atoms with van der Waals surface area (Å²) in [5.41, 5.74) is 2.43. The summed E-state index contributed by atoms with van der Waals surface area (Å²) in [5, 5.41) is 0.497. The summed E-state index contributed by atoms with van der Waals surface area (Å²) in [6, 6.07) is 12.5. The van der Waals surface area contributed by atoms with Crippen molar-refractivity contribution in [3.63, 3.8) is 0 Å². The fourth-order valence-electron chi connectivity index (χ4n) is 4.87. The Morgan fingerprint density at radius 2 is 1.85 bits per heavy atom. The van der Waals surface area contributed by atoms with Crippen LogP contribution < -0.4 is 10.2 Å². The summed E-state index contributed by atoms with van der Waals surface area (Å²) >= 11 is 0. The van der Waals surface area contributed by atoms with Gasteiger partial charge in [-0.1, -0.05) is 29.8 Å². The Labute approximate surface area is 192 Å². The molecule has 5 rings (SSSR count). The molecule has 1 saturated heterocycles. The van der Waals surface area contributed by atoms with Crippen LogP contribution in [0.25, 0.3) is 11.0 Å². The first-order chi connectivity index (χ1) is 16.1. The summed E-state index contributed by atoms with van der Waals surface area (Å²) < 4.78 is 17.1. The van der Waals surface area contributed by atoms with Gasteiger partial charge in [0.1, 0.15) is 11.3 Å². The van der Waals surface area contributed by atoms with E-state index in [2.05, 4.69) is 4.90 Å². The Morgan fingerprint density at radius 3 is 2.64 bits per heavy atom. The van der Waals surface area contributed by atoms with Gasteiger partial charge in [0.15, 0.2) is 5.43 Å². The van der Waals surface area contributed by atoms with Gasteiger partial charge >= 0.3 is 0 Å². The molecule has 2 aromatic carbocycles. The van der Waals surface area contributed by atoms with Gasteiger partial charge in [-0.3, -0.25) is 14.5 Å². The summed E-state index contributed by atoms with van der Waals surface area (Å²) in [6.45, 7) is 6.59. The number of benzene rings is 2. The van der Waals surface area contributed by atoms with Crippen LogP contribution in [0.5, 0.6) is 5.75 Å². The quantitative estimate of drug-likeness (QED) is 0.576. The lowest BCUT2D eigenvalue weighted by Gasteiger charge is -2.29. The van der Waals surface area contributed by atoms with Crippen molar-refractivity contribution in [3.05, 3.63) is 75.1 Å². The third kappa shape index (κ3) is 3.92. The zero-order valence-corrected chi connectivity index (χ0v) is 19.0. The van der Waals surface area contributed by atoms with Crippen LogP contribution in [-0.4, -0.2) is 62.2 Å². The number of ether oxygens (including phenoxy) is 2. The van der Waals surface area contributed by atoms with Crippen LogP contribution in [0.15, 0.2) is 51.7 Å². The molecular weight excluding hydrogens is 420 g/mol. The third-order valence-corrected chi connectivity index (χ3v) is 6.53. The van der Waals surface area contributed by atoms with Gasteiger partial charge in [-0.05, 0) is 31.5 Å². The van der Waals surface area contributed by atoms with Gasteiger partial charge in [0.2, 0.25) is 5.76 Å². The summed E-state index contributed by atoms with van der Waals surface area (Å²) in [5.74, 6) is 0.533. The summed E-state index contributed by atoms with van der Waals surface area (Å²) in [7, 11) is 1.60. The SMILES string of the molecule is COc1ccccc1C1c2c(oc3ccc(C)cc3c2=O)C(=O)N1CCCN1CCOCC1. The Bertz CT molecular complexity index is 1250. The van der Waals surface area contributed by atoms with E-state index >= 15 is 0 Å². The number of aryl methyl sites for hydroxylation is 1. The molecule has 2 aliphatic rings. The van der Waals surface area contributed by atoms with Crippen molar-refractivity contribution in [3.8, 4) is 5.75 Å². The molecule has 1 aromatic heterocycles. The highest BCUT2D eigenvalue weighted by Crippen LogP contribution is 2.41. The molecule has 7 heteroatoms. The zero-order valence-electron chi connectivity index (χ0n) is 19.0. The van der Waals surface area contributed by atoms with Gasteiger partial charge in [-0.25, -0.2) is 0 Å². The highest BCUT2D eigenvalue weighted by atomic mass is 16.5. The van der Waals surface area contributed by atoms with Crippen LogP contribution >= 0.6 is 0 Å². The second-order valence-electron chi connectivity index (χ2n) is 8.62. The number of amides is 1. The van der Waals surface area contributed by atoms with Crippen LogP contribution in [0, 0.1) is 6.92 Å². The highest BCUT2D eigenvalue weighted by Gasteiger charge is 2.43. The molecule has 1 atom stereocenters. The molecule has 0 N–H and O–H groups in total. The van der Waals surface area contributed by atoms with E-state index in [1.807, 2.05) is 43.3 Å². The Hall–Kier alpha value is -3.16. The zero-order chi connectivity index (χ0) is 22.9. The average Bonchev–Trinajstić information content (AvgIpc) is 3.12. The molecule has 7 nitrogen and oxygen atoms in total. The lowest BCUT2D eigenvalue weighted by Crippen LogP contribution is -2.38. The largest absolute Gasteiger partial charge is 0.496 e. The Morgan fingerprint density at radius 1 is 1.06 bits per heavy atom. The van der Waals surface area contributed by atoms with E-state index in [4.69, 9.17) is 13.9 Å². The highest BCUT2D eigenvalue weighted by molar-refractivity contribution is 5.99. The van der Waals surface area contributed by atoms with Gasteiger partial charge in [0.25, 0.3) is 5.91 Å². The second kappa shape index (κ2) is 9.00. The van der Waals surface area contributed by atoms with Crippen molar-refractivity contribution < 1.29 is 18.7 Å². The number of para-hydroxylation sites is 1. The average molecular weight is 449 g/mol. The smallest absolute Gasteiger partial charge is 0.290 e. The van der Waals surface area contributed by atoms with E-state index in [9.17, 15) is 9.59 Å². The lowest BCUT2D eigenvalue weighted by molar-refractivity contribution is 0.0353. The predicted molar refractivity (Wildman–Crippen MR) is 125 cm³/mol. The molecule has 3 heterocycles. The van der Waals surface area contributed by atoms with Crippen LogP contribution in [0.1, 0.15) is 39.7 Å². The lowest BCUT2D eigenvalue weighted by atomic mass is 9.97. The number of morpholine rings is 1. The molecule has 2 aliphatic heterocycles. The van der Waals surface area contributed by atoms with Gasteiger partial charge in [0, 0.05) is 31.7 Å². The van der Waals surface area contributed by atoms with E-state index in [0.29, 0.717) is 28.8 Å². The number of nitrogens with zero attached hydrogens (tertiary/aromatic N) is 2. The predicted octanol–water partition coefficient (Wildman–Crippen LogP) is 3.38. The molecule has 0 aliphatic carbocycles. The number of rotatable bonds is 6. The fourth-order valence-corrected chi connectivity index (χ4v) is 4.87. The van der Waals surface area contributed by atoms with Crippen molar-refractivity contribution in [1.29, 1.82) is 0 Å². The maximum absolute atomic E-state index is 13.7. The number of hydrogen-bond donors (Lipinski definition) is 0. The minimum absolute atomic E-state index is 0.138. The molecule has 1 amide bonds. The second-order valence-corrected chi connectivity index (χ2v) is 8.62. The van der Waals surface area contributed by atoms with Gasteiger partial charge in [-0.2, -0.15) is 0 Å². The first-order valence-electron chi connectivity index (χ1n) is 11.4. The fraction of sp³-hybridized carbons (Fsp3) is 0.385. The van der Waals surface area contributed by atoms with E-state index < -0.39 is 6.04 Å². The molecule has 0 saturated carbocycles. The standard InChI is InChI=1S/C26H28N2O5/c1-17-8-9-21-19(16-17)24(29)22-23(18-6-3-4-7-20(18)31-2)28(26(30)25(22)33-21)11-5-10-27-12-14-32-15-13-27/h3-4,6-9,16,23H,5,10-15H2,1-2H3. The van der Waals surface area contributed by atoms with Crippen molar-refractivity contribution in [2.75, 3.05) is 46.5 Å². The van der Waals surface area contributed by atoms with Gasteiger partial charge in [0.05, 0.1) is 37.3 Å². The number of carbonyl (C=O) groups excluding carboxylic acids is 1. The maximum Gasteiger partial charge on any atom is 0.290 e. The van der Waals surface area contributed by atoms with Crippen LogP contribution in [-0.2, 0) is 4.74 Å². The van der Waals surface area contributed by atoms with E-state index in [1.54, 1.807) is 18.1 Å². The summed E-state index contributed by atoms with van der Waals surface area (Å²) in [4.78, 5) is 31.3. The first kappa shape index (κ1) is 21.7. The van der Waals surface area contributed by atoms with E-state index in [-0.39, 0.29) is 17.1 Å². The summed E-state index contributed by atoms with van der Waals surface area (Å²) in [6.07, 6.45) is 0.790. The molecular formula is C26H28N2O5. The van der Waals surface area contributed by atoms with Crippen LogP contribution in [0.3, 0.4) is 0 Å². The van der Waals surface area contributed by atoms with E-state index in [0.717, 1.165) is 50.4 Å². The van der Waals surface area contributed by atoms with Crippen molar-refractivity contribution in [2.24, 2.45) is 0 Å². The molecule has 33 heavy (non-hydrogen) atoms. The van der Waals surface area contributed by atoms with Gasteiger partial charge < -0.3 is 18.8 Å². The monoisotopic (exact) mass is 448 g/mol. The van der Waals surface area contributed by atoms with Crippen LogP contribution in [0.2, 0.25) is 0 Å². The first-order valence-corrected chi connectivity index (χ1v) is 11.4. The Balaban J connectivity index is 1.57. The molecule has 1 fully saturated rings. The minimum atomic E-state index is -0.547. The molecule has 1 unspecified atom stereocenters. The molecule has 3 aromatic rings. The van der Waals surface area contributed by atoms with Crippen molar-refractivity contribution >= 4 is 16.9 Å². The van der Waals surface area contributed by atoms with Crippen molar-refractivity contribution in [2.45, 2.75) is 19.4 Å². The number of fused-ring (bicyclic) bond motifs is 2. The maximum atomic E-state index is 13.7. The number of methoxy groups -OCH3 is 1. The van der Waals surface area contributed by atoms with Crippen molar-refractivity contribution in [1.82, 2.24) is 9.80 Å². The van der Waals surface area contributed by atoms with E-state index in [1.165, 1.54) is 0 Å². The molecule has 0 radical (unpaired) electrons. The number of carbonyl (C=O) groups is 1. The number of hydrogen-bond acceptors (Lipinski definition) is 6.